The summed E-state index contributed by atoms with van der Waals surface area (Å²) in [5.74, 6) is 0.857. The van der Waals surface area contributed by atoms with E-state index in [0.29, 0.717) is 28.3 Å². The number of rotatable bonds is 5. The number of aryl methyl sites for hydroxylation is 1. The Morgan fingerprint density at radius 3 is 1.96 bits per heavy atom. The molecule has 27 heavy (non-hydrogen) atoms. The fourth-order valence-corrected chi connectivity index (χ4v) is 2.51. The van der Waals surface area contributed by atoms with E-state index in [1.165, 1.54) is 6.92 Å². The van der Waals surface area contributed by atoms with Gasteiger partial charge in [0, 0.05) is 11.1 Å². The monoisotopic (exact) mass is 361 g/mol. The van der Waals surface area contributed by atoms with Crippen molar-refractivity contribution in [1.82, 2.24) is 0 Å². The van der Waals surface area contributed by atoms with E-state index in [-0.39, 0.29) is 17.4 Å². The molecule has 0 atom stereocenters. The molecule has 3 aromatic carbocycles. The number of hydrogen-bond acceptors (Lipinski definition) is 4. The topological polar surface area (TPSA) is 75.6 Å². The molecule has 3 rings (SSSR count). The van der Waals surface area contributed by atoms with E-state index in [2.05, 4.69) is 5.32 Å². The molecule has 3 aromatic rings. The number of aromatic hydroxyl groups is 1. The number of carbonyl (C=O) groups excluding carboxylic acids is 2. The normalized spacial score (nSPS) is 10.3. The SMILES string of the molecule is CC(=O)c1ccc(Oc2ccc(C(=O)Nc3cc(C)ccc3O)cc2)cc1. The zero-order chi connectivity index (χ0) is 19.4. The van der Waals surface area contributed by atoms with Crippen molar-refractivity contribution in [2.45, 2.75) is 13.8 Å². The van der Waals surface area contributed by atoms with E-state index in [1.807, 2.05) is 6.92 Å². The second-order valence-electron chi connectivity index (χ2n) is 6.18. The number of amides is 1. The standard InChI is InChI=1S/C22H19NO4/c1-14-3-12-21(25)20(13-14)23-22(26)17-6-10-19(11-7-17)27-18-8-4-16(5-9-18)15(2)24/h3-13,25H,1-2H3,(H,23,26). The lowest BCUT2D eigenvalue weighted by Gasteiger charge is -2.09. The molecule has 0 aromatic heterocycles. The van der Waals surface area contributed by atoms with Crippen molar-refractivity contribution in [3.05, 3.63) is 83.4 Å². The molecule has 136 valence electrons. The summed E-state index contributed by atoms with van der Waals surface area (Å²) >= 11 is 0. The maximum Gasteiger partial charge on any atom is 0.255 e. The predicted molar refractivity (Wildman–Crippen MR) is 104 cm³/mol. The maximum absolute atomic E-state index is 12.4. The molecule has 0 radical (unpaired) electrons. The van der Waals surface area contributed by atoms with Gasteiger partial charge in [0.25, 0.3) is 5.91 Å². The molecular weight excluding hydrogens is 342 g/mol. The van der Waals surface area contributed by atoms with Gasteiger partial charge >= 0.3 is 0 Å². The number of benzene rings is 3. The molecule has 0 heterocycles. The molecule has 0 fully saturated rings. The van der Waals surface area contributed by atoms with Crippen LogP contribution in [-0.2, 0) is 0 Å². The van der Waals surface area contributed by atoms with E-state index in [0.717, 1.165) is 5.56 Å². The van der Waals surface area contributed by atoms with Crippen LogP contribution in [0.15, 0.2) is 66.7 Å². The minimum Gasteiger partial charge on any atom is -0.506 e. The average Bonchev–Trinajstić information content (AvgIpc) is 2.65. The third-order valence-electron chi connectivity index (χ3n) is 4.01. The van der Waals surface area contributed by atoms with Crippen LogP contribution in [0.2, 0.25) is 0 Å². The molecule has 0 aliphatic heterocycles. The lowest BCUT2D eigenvalue weighted by Crippen LogP contribution is -2.11. The Kier molecular flexibility index (Phi) is 5.22. The van der Waals surface area contributed by atoms with Gasteiger partial charge in [-0.05, 0) is 80.1 Å². The highest BCUT2D eigenvalue weighted by molar-refractivity contribution is 6.05. The fourth-order valence-electron chi connectivity index (χ4n) is 2.51. The number of ketones is 1. The number of ether oxygens (including phenoxy) is 1. The lowest BCUT2D eigenvalue weighted by molar-refractivity contribution is 0.101. The van der Waals surface area contributed by atoms with E-state index in [9.17, 15) is 14.7 Å². The van der Waals surface area contributed by atoms with Crippen molar-refractivity contribution in [3.8, 4) is 17.2 Å². The van der Waals surface area contributed by atoms with E-state index in [1.54, 1.807) is 66.7 Å². The molecule has 5 nitrogen and oxygen atoms in total. The lowest BCUT2D eigenvalue weighted by atomic mass is 10.1. The Bertz CT molecular complexity index is 976. The summed E-state index contributed by atoms with van der Waals surface area (Å²) in [4.78, 5) is 23.6. The summed E-state index contributed by atoms with van der Waals surface area (Å²) in [5, 5.41) is 12.5. The predicted octanol–water partition coefficient (Wildman–Crippen LogP) is 4.95. The Balaban J connectivity index is 1.68. The number of nitrogens with one attached hydrogen (secondary N) is 1. The largest absolute Gasteiger partial charge is 0.506 e. The first-order chi connectivity index (χ1) is 12.9. The number of phenols is 1. The molecule has 0 saturated carbocycles. The number of anilines is 1. The van der Waals surface area contributed by atoms with Crippen molar-refractivity contribution in [2.75, 3.05) is 5.32 Å². The molecule has 0 aliphatic rings. The third-order valence-corrected chi connectivity index (χ3v) is 4.01. The molecule has 0 unspecified atom stereocenters. The van der Waals surface area contributed by atoms with Gasteiger partial charge < -0.3 is 15.2 Å². The second-order valence-corrected chi connectivity index (χ2v) is 6.18. The zero-order valence-electron chi connectivity index (χ0n) is 15.0. The second kappa shape index (κ2) is 7.74. The van der Waals surface area contributed by atoms with Gasteiger partial charge in [-0.2, -0.15) is 0 Å². The highest BCUT2D eigenvalue weighted by Gasteiger charge is 2.10. The van der Waals surface area contributed by atoms with Gasteiger partial charge in [0.2, 0.25) is 0 Å². The average molecular weight is 361 g/mol. The number of hydrogen-bond donors (Lipinski definition) is 2. The van der Waals surface area contributed by atoms with Crippen LogP contribution in [0, 0.1) is 6.92 Å². The Hall–Kier alpha value is -3.60. The van der Waals surface area contributed by atoms with Gasteiger partial charge in [-0.25, -0.2) is 0 Å². The van der Waals surface area contributed by atoms with Gasteiger partial charge in [-0.1, -0.05) is 6.07 Å². The van der Waals surface area contributed by atoms with Crippen molar-refractivity contribution in [2.24, 2.45) is 0 Å². The van der Waals surface area contributed by atoms with Gasteiger partial charge in [-0.3, -0.25) is 9.59 Å². The summed E-state index contributed by atoms with van der Waals surface area (Å²) in [5.41, 5.74) is 2.36. The third kappa shape index (κ3) is 4.52. The van der Waals surface area contributed by atoms with Crippen LogP contribution < -0.4 is 10.1 Å². The van der Waals surface area contributed by atoms with Gasteiger partial charge in [0.05, 0.1) is 5.69 Å². The highest BCUT2D eigenvalue weighted by atomic mass is 16.5. The summed E-state index contributed by atoms with van der Waals surface area (Å²) in [6.07, 6.45) is 0. The van der Waals surface area contributed by atoms with Crippen LogP contribution in [0.4, 0.5) is 5.69 Å². The Labute approximate surface area is 157 Å². The van der Waals surface area contributed by atoms with Crippen molar-refractivity contribution in [3.63, 3.8) is 0 Å². The van der Waals surface area contributed by atoms with Crippen molar-refractivity contribution < 1.29 is 19.4 Å². The first kappa shape index (κ1) is 18.2. The zero-order valence-corrected chi connectivity index (χ0v) is 15.0. The number of carbonyl (C=O) groups is 2. The van der Waals surface area contributed by atoms with Crippen molar-refractivity contribution in [1.29, 1.82) is 0 Å². The fraction of sp³-hybridized carbons (Fsp3) is 0.0909. The van der Waals surface area contributed by atoms with Crippen LogP contribution in [0.1, 0.15) is 33.2 Å². The quantitative estimate of drug-likeness (QED) is 0.498. The molecule has 0 spiro atoms. The molecule has 0 bridgehead atoms. The molecule has 1 amide bonds. The van der Waals surface area contributed by atoms with Crippen LogP contribution in [0.25, 0.3) is 0 Å². The van der Waals surface area contributed by atoms with Gasteiger partial charge in [0.1, 0.15) is 17.2 Å². The minimum absolute atomic E-state index is 0.00318. The minimum atomic E-state index is -0.326. The summed E-state index contributed by atoms with van der Waals surface area (Å²) in [6.45, 7) is 3.39. The molecule has 5 heteroatoms. The van der Waals surface area contributed by atoms with Gasteiger partial charge in [0.15, 0.2) is 5.78 Å². The van der Waals surface area contributed by atoms with Crippen LogP contribution in [-0.4, -0.2) is 16.8 Å². The van der Waals surface area contributed by atoms with Crippen LogP contribution in [0.5, 0.6) is 17.2 Å². The van der Waals surface area contributed by atoms with E-state index >= 15 is 0 Å². The number of Topliss-reactive ketones (excluding diaryl/α,β-unsaturated/α-hetero) is 1. The molecule has 0 aliphatic carbocycles. The van der Waals surface area contributed by atoms with Crippen LogP contribution >= 0.6 is 0 Å². The Morgan fingerprint density at radius 2 is 1.41 bits per heavy atom. The highest BCUT2D eigenvalue weighted by Crippen LogP contribution is 2.26. The molecule has 2 N–H and O–H groups in total. The Morgan fingerprint density at radius 1 is 0.852 bits per heavy atom. The van der Waals surface area contributed by atoms with E-state index < -0.39 is 0 Å². The summed E-state index contributed by atoms with van der Waals surface area (Å²) < 4.78 is 5.72. The first-order valence-corrected chi connectivity index (χ1v) is 8.42. The smallest absolute Gasteiger partial charge is 0.255 e. The van der Waals surface area contributed by atoms with Crippen molar-refractivity contribution >= 4 is 17.4 Å². The first-order valence-electron chi connectivity index (χ1n) is 8.42. The summed E-state index contributed by atoms with van der Waals surface area (Å²) in [6, 6.07) is 18.5. The summed E-state index contributed by atoms with van der Waals surface area (Å²) in [7, 11) is 0. The molecule has 0 saturated heterocycles. The maximum atomic E-state index is 12.4. The molecular formula is C22H19NO4. The van der Waals surface area contributed by atoms with Gasteiger partial charge in [-0.15, -0.1) is 0 Å². The number of phenolic OH excluding ortho intramolecular Hbond substituents is 1. The van der Waals surface area contributed by atoms with E-state index in [4.69, 9.17) is 4.74 Å². The van der Waals surface area contributed by atoms with Crippen LogP contribution in [0.3, 0.4) is 0 Å².